The van der Waals surface area contributed by atoms with Gasteiger partial charge in [-0.2, -0.15) is 5.26 Å². The molecule has 0 aromatic carbocycles. The molecule has 0 spiro atoms. The SMILES string of the molecule is C[C@H]1CCc2c(sc(NC(=O)C3=COCCO3)c2C#N)C1. The summed E-state index contributed by atoms with van der Waals surface area (Å²) in [6.45, 7) is 3.03. The van der Waals surface area contributed by atoms with Crippen molar-refractivity contribution in [1.29, 1.82) is 5.26 Å². The molecule has 1 aromatic heterocycles. The summed E-state index contributed by atoms with van der Waals surface area (Å²) in [5, 5.41) is 12.8. The number of ether oxygens (including phenoxy) is 2. The number of amides is 1. The van der Waals surface area contributed by atoms with Crippen LogP contribution in [0, 0.1) is 17.2 Å². The molecule has 0 unspecified atom stereocenters. The van der Waals surface area contributed by atoms with Gasteiger partial charge < -0.3 is 14.8 Å². The van der Waals surface area contributed by atoms with Crippen LogP contribution in [0.15, 0.2) is 12.0 Å². The number of hydrogen-bond acceptors (Lipinski definition) is 5. The smallest absolute Gasteiger partial charge is 0.294 e. The van der Waals surface area contributed by atoms with Crippen molar-refractivity contribution in [3.63, 3.8) is 0 Å². The number of carbonyl (C=O) groups is 1. The Kier molecular flexibility index (Phi) is 3.84. The molecule has 1 aliphatic carbocycles. The van der Waals surface area contributed by atoms with Gasteiger partial charge in [-0.3, -0.25) is 4.79 Å². The van der Waals surface area contributed by atoms with Crippen LogP contribution in [0.2, 0.25) is 0 Å². The van der Waals surface area contributed by atoms with Crippen molar-refractivity contribution in [2.45, 2.75) is 26.2 Å². The number of carbonyl (C=O) groups excluding carboxylic acids is 1. The van der Waals surface area contributed by atoms with E-state index in [1.54, 1.807) is 0 Å². The number of nitriles is 1. The Morgan fingerprint density at radius 3 is 3.10 bits per heavy atom. The van der Waals surface area contributed by atoms with Gasteiger partial charge in [-0.1, -0.05) is 6.92 Å². The van der Waals surface area contributed by atoms with Crippen molar-refractivity contribution in [1.82, 2.24) is 0 Å². The molecule has 6 heteroatoms. The van der Waals surface area contributed by atoms with Gasteiger partial charge in [-0.05, 0) is 30.7 Å². The fourth-order valence-electron chi connectivity index (χ4n) is 2.61. The van der Waals surface area contributed by atoms with Gasteiger partial charge in [0, 0.05) is 4.88 Å². The van der Waals surface area contributed by atoms with Gasteiger partial charge in [0.15, 0.2) is 0 Å². The highest BCUT2D eigenvalue weighted by Crippen LogP contribution is 2.39. The standard InChI is InChI=1S/C15H16N2O3S/c1-9-2-3-10-11(7-16)15(21-13(10)6-9)17-14(18)12-8-19-4-5-20-12/h8-9H,2-6H2,1H3,(H,17,18)/t9-/m0/s1. The van der Waals surface area contributed by atoms with E-state index in [2.05, 4.69) is 18.3 Å². The van der Waals surface area contributed by atoms with Crippen LogP contribution in [-0.2, 0) is 27.1 Å². The molecule has 1 aromatic rings. The highest BCUT2D eigenvalue weighted by Gasteiger charge is 2.25. The molecular weight excluding hydrogens is 288 g/mol. The maximum atomic E-state index is 12.1. The van der Waals surface area contributed by atoms with E-state index in [0.717, 1.165) is 24.8 Å². The zero-order chi connectivity index (χ0) is 14.8. The molecule has 2 aliphatic rings. The average molecular weight is 304 g/mol. The summed E-state index contributed by atoms with van der Waals surface area (Å²) in [6.07, 6.45) is 4.30. The van der Waals surface area contributed by atoms with Crippen LogP contribution in [0.3, 0.4) is 0 Å². The second-order valence-electron chi connectivity index (χ2n) is 5.32. The Labute approximate surface area is 127 Å². The molecule has 5 nitrogen and oxygen atoms in total. The first kappa shape index (κ1) is 14.0. The van der Waals surface area contributed by atoms with Crippen molar-refractivity contribution in [3.8, 4) is 6.07 Å². The summed E-state index contributed by atoms with van der Waals surface area (Å²) in [7, 11) is 0. The molecule has 21 heavy (non-hydrogen) atoms. The second-order valence-corrected chi connectivity index (χ2v) is 6.43. The lowest BCUT2D eigenvalue weighted by Gasteiger charge is -2.17. The van der Waals surface area contributed by atoms with Crippen molar-refractivity contribution in [2.75, 3.05) is 18.5 Å². The third-order valence-corrected chi connectivity index (χ3v) is 4.89. The molecule has 1 aliphatic heterocycles. The lowest BCUT2D eigenvalue weighted by atomic mass is 9.89. The first-order chi connectivity index (χ1) is 10.2. The Hall–Kier alpha value is -2.00. The minimum absolute atomic E-state index is 0.157. The fraction of sp³-hybridized carbons (Fsp3) is 0.467. The molecule has 1 N–H and O–H groups in total. The van der Waals surface area contributed by atoms with Crippen LogP contribution in [0.4, 0.5) is 5.00 Å². The second kappa shape index (κ2) is 5.78. The van der Waals surface area contributed by atoms with Gasteiger partial charge in [0.25, 0.3) is 5.91 Å². The number of hydrogen-bond donors (Lipinski definition) is 1. The number of anilines is 1. The Morgan fingerprint density at radius 2 is 2.38 bits per heavy atom. The van der Waals surface area contributed by atoms with E-state index in [4.69, 9.17) is 9.47 Å². The molecule has 3 rings (SSSR count). The molecule has 0 fully saturated rings. The van der Waals surface area contributed by atoms with Crippen LogP contribution in [0.25, 0.3) is 0 Å². The summed E-state index contributed by atoms with van der Waals surface area (Å²) < 4.78 is 10.3. The van der Waals surface area contributed by atoms with Crippen LogP contribution >= 0.6 is 11.3 Å². The lowest BCUT2D eigenvalue weighted by molar-refractivity contribution is -0.117. The minimum atomic E-state index is -0.363. The summed E-state index contributed by atoms with van der Waals surface area (Å²) in [4.78, 5) is 13.3. The molecule has 110 valence electrons. The van der Waals surface area contributed by atoms with E-state index in [-0.39, 0.29) is 11.7 Å². The van der Waals surface area contributed by atoms with Crippen LogP contribution < -0.4 is 5.32 Å². The van der Waals surface area contributed by atoms with Gasteiger partial charge in [-0.25, -0.2) is 0 Å². The third-order valence-electron chi connectivity index (χ3n) is 3.72. The maximum Gasteiger partial charge on any atom is 0.294 e. The first-order valence-electron chi connectivity index (χ1n) is 6.99. The largest absolute Gasteiger partial charge is 0.494 e. The predicted molar refractivity (Wildman–Crippen MR) is 78.8 cm³/mol. The zero-order valence-corrected chi connectivity index (χ0v) is 12.6. The number of fused-ring (bicyclic) bond motifs is 1. The quantitative estimate of drug-likeness (QED) is 0.911. The Bertz CT molecular complexity index is 642. The number of rotatable bonds is 2. The van der Waals surface area contributed by atoms with Crippen molar-refractivity contribution in [2.24, 2.45) is 5.92 Å². The number of thiophene rings is 1. The molecule has 1 atom stereocenters. The van der Waals surface area contributed by atoms with Gasteiger partial charge in [0.2, 0.25) is 5.76 Å². The number of nitrogens with one attached hydrogen (secondary N) is 1. The highest BCUT2D eigenvalue weighted by molar-refractivity contribution is 7.16. The molecule has 0 saturated heterocycles. The maximum absolute atomic E-state index is 12.1. The zero-order valence-electron chi connectivity index (χ0n) is 11.8. The first-order valence-corrected chi connectivity index (χ1v) is 7.81. The fourth-order valence-corrected chi connectivity index (χ4v) is 3.97. The van der Waals surface area contributed by atoms with E-state index in [9.17, 15) is 10.1 Å². The van der Waals surface area contributed by atoms with Gasteiger partial charge in [-0.15, -0.1) is 11.3 Å². The van der Waals surface area contributed by atoms with Crippen LogP contribution in [-0.4, -0.2) is 19.1 Å². The van der Waals surface area contributed by atoms with Crippen molar-refractivity contribution in [3.05, 3.63) is 28.0 Å². The predicted octanol–water partition coefficient (Wildman–Crippen LogP) is 2.57. The molecular formula is C15H16N2O3S. The Morgan fingerprint density at radius 1 is 1.52 bits per heavy atom. The Balaban J connectivity index is 1.84. The van der Waals surface area contributed by atoms with Gasteiger partial charge in [0.05, 0.1) is 5.56 Å². The summed E-state index contributed by atoms with van der Waals surface area (Å²) in [5.41, 5.74) is 1.71. The van der Waals surface area contributed by atoms with Crippen molar-refractivity contribution >= 4 is 22.2 Å². The van der Waals surface area contributed by atoms with Gasteiger partial charge >= 0.3 is 0 Å². The monoisotopic (exact) mass is 304 g/mol. The lowest BCUT2D eigenvalue weighted by Crippen LogP contribution is -2.21. The summed E-state index contributed by atoms with van der Waals surface area (Å²) >= 11 is 1.50. The summed E-state index contributed by atoms with van der Waals surface area (Å²) in [6, 6.07) is 2.23. The van der Waals surface area contributed by atoms with Crippen LogP contribution in [0.5, 0.6) is 0 Å². The molecule has 0 radical (unpaired) electrons. The molecule has 0 bridgehead atoms. The number of nitrogens with zero attached hydrogens (tertiary/aromatic N) is 1. The summed E-state index contributed by atoms with van der Waals surface area (Å²) in [5.74, 6) is 0.423. The minimum Gasteiger partial charge on any atom is -0.494 e. The molecule has 0 saturated carbocycles. The molecule has 1 amide bonds. The molecule has 2 heterocycles. The topological polar surface area (TPSA) is 71.3 Å². The van der Waals surface area contributed by atoms with Crippen LogP contribution in [0.1, 0.15) is 29.3 Å². The third kappa shape index (κ3) is 2.74. The van der Waals surface area contributed by atoms with E-state index >= 15 is 0 Å². The van der Waals surface area contributed by atoms with E-state index in [1.807, 2.05) is 0 Å². The van der Waals surface area contributed by atoms with Gasteiger partial charge in [0.1, 0.15) is 30.5 Å². The van der Waals surface area contributed by atoms with Crippen molar-refractivity contribution < 1.29 is 14.3 Å². The van der Waals surface area contributed by atoms with E-state index in [0.29, 0.717) is 29.7 Å². The van der Waals surface area contributed by atoms with E-state index in [1.165, 1.54) is 22.5 Å². The highest BCUT2D eigenvalue weighted by atomic mass is 32.1. The normalized spacial score (nSPS) is 20.4. The van der Waals surface area contributed by atoms with E-state index < -0.39 is 0 Å². The average Bonchev–Trinajstić information content (AvgIpc) is 2.84.